The Morgan fingerprint density at radius 3 is 2.25 bits per heavy atom. The second kappa shape index (κ2) is 17.3. The zero-order chi connectivity index (χ0) is 27.8. The van der Waals surface area contributed by atoms with Crippen molar-refractivity contribution >= 4 is 17.4 Å². The Morgan fingerprint density at radius 1 is 0.825 bits per heavy atom. The van der Waals surface area contributed by atoms with E-state index in [-0.39, 0.29) is 6.04 Å². The van der Waals surface area contributed by atoms with E-state index < -0.39 is 11.4 Å². The highest BCUT2D eigenvalue weighted by atomic mass is 32.2. The van der Waals surface area contributed by atoms with Gasteiger partial charge in [0.15, 0.2) is 4.90 Å². The maximum absolute atomic E-state index is 13.0. The van der Waals surface area contributed by atoms with Crippen molar-refractivity contribution in [3.8, 4) is 11.5 Å². The molecular formula is C35H45NO3S. The molecule has 0 aromatic heterocycles. The smallest absolute Gasteiger partial charge is 0.174 e. The molecule has 5 heteroatoms. The van der Waals surface area contributed by atoms with Gasteiger partial charge in [-0.15, -0.1) is 4.31 Å². The summed E-state index contributed by atoms with van der Waals surface area (Å²) in [5, 5.41) is 0. The first-order valence-electron chi connectivity index (χ1n) is 15.0. The predicted molar refractivity (Wildman–Crippen MR) is 167 cm³/mol. The van der Waals surface area contributed by atoms with Crippen LogP contribution in [-0.2, 0) is 16.1 Å². The van der Waals surface area contributed by atoms with Gasteiger partial charge < -0.3 is 14.0 Å². The van der Waals surface area contributed by atoms with Crippen molar-refractivity contribution in [2.75, 3.05) is 19.8 Å². The molecule has 0 amide bonds. The van der Waals surface area contributed by atoms with Crippen LogP contribution in [0.1, 0.15) is 75.3 Å². The number of rotatable bonds is 17. The van der Waals surface area contributed by atoms with E-state index in [4.69, 9.17) is 9.47 Å². The van der Waals surface area contributed by atoms with Gasteiger partial charge in [-0.3, -0.25) is 0 Å². The van der Waals surface area contributed by atoms with Crippen molar-refractivity contribution in [2.45, 2.75) is 82.1 Å². The second-order valence-corrected chi connectivity index (χ2v) is 12.2. The Bertz CT molecular complexity index is 1120. The standard InChI is InChI=1S/C35H45NO3S/c1-30-19-25-35(26-20-30)40(37)36-27-14-16-32(36)29-38-28-13-8-6-4-2-3-5-7-10-15-31-21-23-34(24-22-31)39-33-17-11-9-12-18-33/h9-12,15,17-26,32H,2-8,13-14,16,27-29H2,1H3/b15-10+/t32-,40?/m0/s1. The lowest BCUT2D eigenvalue weighted by Gasteiger charge is -2.25. The van der Waals surface area contributed by atoms with Gasteiger partial charge in [0.1, 0.15) is 11.5 Å². The van der Waals surface area contributed by atoms with Crippen LogP contribution >= 0.6 is 0 Å². The average molecular weight is 560 g/mol. The zero-order valence-corrected chi connectivity index (χ0v) is 24.8. The molecule has 0 radical (unpaired) electrons. The first-order chi connectivity index (χ1) is 19.7. The molecule has 0 spiro atoms. The van der Waals surface area contributed by atoms with Crippen molar-refractivity contribution in [1.29, 1.82) is 0 Å². The van der Waals surface area contributed by atoms with E-state index in [1.807, 2.05) is 66.7 Å². The quantitative estimate of drug-likeness (QED) is 0.122. The molecule has 1 unspecified atom stereocenters. The molecule has 1 aliphatic rings. The van der Waals surface area contributed by atoms with Gasteiger partial charge >= 0.3 is 0 Å². The van der Waals surface area contributed by atoms with Gasteiger partial charge in [-0.05, 0) is 81.0 Å². The number of unbranched alkanes of at least 4 members (excludes halogenated alkanes) is 7. The lowest BCUT2D eigenvalue weighted by atomic mass is 10.1. The van der Waals surface area contributed by atoms with Crippen LogP contribution < -0.4 is 4.74 Å². The molecule has 0 saturated carbocycles. The molecule has 2 atom stereocenters. The van der Waals surface area contributed by atoms with Crippen molar-refractivity contribution in [3.05, 3.63) is 96.1 Å². The Morgan fingerprint density at radius 2 is 1.50 bits per heavy atom. The minimum absolute atomic E-state index is 0.268. The summed E-state index contributed by atoms with van der Waals surface area (Å²) in [6.07, 6.45) is 16.6. The van der Waals surface area contributed by atoms with Crippen LogP contribution in [0.3, 0.4) is 0 Å². The van der Waals surface area contributed by atoms with E-state index in [1.165, 1.54) is 49.7 Å². The molecule has 1 aliphatic heterocycles. The summed E-state index contributed by atoms with van der Waals surface area (Å²) in [5.41, 5.74) is 2.41. The van der Waals surface area contributed by atoms with E-state index in [1.54, 1.807) is 0 Å². The van der Waals surface area contributed by atoms with Crippen LogP contribution in [0.4, 0.5) is 0 Å². The summed E-state index contributed by atoms with van der Waals surface area (Å²) in [6.45, 7) is 4.45. The van der Waals surface area contributed by atoms with E-state index >= 15 is 0 Å². The molecular weight excluding hydrogens is 514 g/mol. The normalized spacial score (nSPS) is 16.5. The van der Waals surface area contributed by atoms with Crippen molar-refractivity contribution < 1.29 is 14.0 Å². The average Bonchev–Trinajstić information content (AvgIpc) is 3.45. The van der Waals surface area contributed by atoms with Gasteiger partial charge in [0.2, 0.25) is 0 Å². The second-order valence-electron chi connectivity index (χ2n) is 10.7. The van der Waals surface area contributed by atoms with Gasteiger partial charge in [0.05, 0.1) is 24.0 Å². The first-order valence-corrected chi connectivity index (χ1v) is 16.1. The molecule has 1 fully saturated rings. The van der Waals surface area contributed by atoms with Gasteiger partial charge in [-0.2, -0.15) is 0 Å². The fourth-order valence-corrected chi connectivity index (χ4v) is 6.42. The number of nitrogens with zero attached hydrogens (tertiary/aromatic N) is 1. The third-order valence-electron chi connectivity index (χ3n) is 7.40. The molecule has 1 heterocycles. The van der Waals surface area contributed by atoms with Gasteiger partial charge in [-0.25, -0.2) is 0 Å². The summed E-state index contributed by atoms with van der Waals surface area (Å²) in [7, 11) is 0. The van der Waals surface area contributed by atoms with Gasteiger partial charge in [0, 0.05) is 13.2 Å². The highest BCUT2D eigenvalue weighted by Crippen LogP contribution is 2.27. The Kier molecular flexibility index (Phi) is 13.1. The largest absolute Gasteiger partial charge is 0.593 e. The molecule has 4 rings (SSSR count). The predicted octanol–water partition coefficient (Wildman–Crippen LogP) is 9.13. The minimum Gasteiger partial charge on any atom is -0.593 e. The van der Waals surface area contributed by atoms with Gasteiger partial charge in [0.25, 0.3) is 0 Å². The van der Waals surface area contributed by atoms with Crippen LogP contribution in [0.25, 0.3) is 6.08 Å². The van der Waals surface area contributed by atoms with E-state index in [0.29, 0.717) is 6.61 Å². The van der Waals surface area contributed by atoms with Crippen molar-refractivity contribution in [3.63, 3.8) is 0 Å². The minimum atomic E-state index is -1.09. The molecule has 214 valence electrons. The third-order valence-corrected chi connectivity index (χ3v) is 8.98. The summed E-state index contributed by atoms with van der Waals surface area (Å²) >= 11 is -1.09. The van der Waals surface area contributed by atoms with Crippen LogP contribution in [0.5, 0.6) is 11.5 Å². The number of para-hydroxylation sites is 1. The Labute approximate surface area is 244 Å². The molecule has 0 aliphatic carbocycles. The van der Waals surface area contributed by atoms with Crippen molar-refractivity contribution in [2.24, 2.45) is 0 Å². The van der Waals surface area contributed by atoms with Gasteiger partial charge in [-0.1, -0.05) is 92.3 Å². The molecule has 3 aromatic carbocycles. The lowest BCUT2D eigenvalue weighted by molar-refractivity contribution is 0.0959. The van der Waals surface area contributed by atoms with Crippen LogP contribution in [0.2, 0.25) is 0 Å². The highest BCUT2D eigenvalue weighted by Gasteiger charge is 2.35. The van der Waals surface area contributed by atoms with Crippen LogP contribution in [0, 0.1) is 6.92 Å². The molecule has 4 nitrogen and oxygen atoms in total. The third kappa shape index (κ3) is 10.4. The lowest BCUT2D eigenvalue weighted by Crippen LogP contribution is -2.38. The van der Waals surface area contributed by atoms with E-state index in [9.17, 15) is 4.55 Å². The maximum Gasteiger partial charge on any atom is 0.174 e. The summed E-state index contributed by atoms with van der Waals surface area (Å²) < 4.78 is 27.0. The number of hydrogen-bond acceptors (Lipinski definition) is 4. The SMILES string of the molecule is Cc1ccc([S+]([O-])N2CCC[C@H]2COCCCCCCCCC/C=C/c2ccc(Oc3ccccc3)cc2)cc1. The molecule has 0 N–H and O–H groups in total. The number of benzene rings is 3. The molecule has 3 aromatic rings. The fourth-order valence-electron chi connectivity index (χ4n) is 5.04. The highest BCUT2D eigenvalue weighted by molar-refractivity contribution is 7.89. The number of aryl methyl sites for hydroxylation is 1. The van der Waals surface area contributed by atoms with E-state index in [2.05, 4.69) is 35.5 Å². The first kappa shape index (κ1) is 30.4. The topological polar surface area (TPSA) is 44.8 Å². The Balaban J connectivity index is 0.977. The Hall–Kier alpha value is -2.57. The number of ether oxygens (including phenoxy) is 2. The monoisotopic (exact) mass is 559 g/mol. The zero-order valence-electron chi connectivity index (χ0n) is 24.0. The summed E-state index contributed by atoms with van der Waals surface area (Å²) in [5.74, 6) is 1.72. The summed E-state index contributed by atoms with van der Waals surface area (Å²) in [6, 6.07) is 26.5. The molecule has 40 heavy (non-hydrogen) atoms. The molecule has 1 saturated heterocycles. The van der Waals surface area contributed by atoms with Crippen LogP contribution in [0.15, 0.2) is 89.8 Å². The number of allylic oxidation sites excluding steroid dienone is 1. The molecule has 0 bridgehead atoms. The van der Waals surface area contributed by atoms with Crippen LogP contribution in [-0.4, -0.2) is 34.7 Å². The summed E-state index contributed by atoms with van der Waals surface area (Å²) in [4.78, 5) is 0.897. The number of hydrogen-bond donors (Lipinski definition) is 0. The van der Waals surface area contributed by atoms with Crippen molar-refractivity contribution in [1.82, 2.24) is 4.31 Å². The maximum atomic E-state index is 13.0. The fraction of sp³-hybridized carbons (Fsp3) is 0.429. The van der Waals surface area contributed by atoms with E-state index in [0.717, 1.165) is 55.2 Å².